The number of hydrogen-bond donors (Lipinski definition) is 1. The van der Waals surface area contributed by atoms with E-state index in [9.17, 15) is 9.18 Å². The highest BCUT2D eigenvalue weighted by atomic mass is 79.9. The highest BCUT2D eigenvalue weighted by Gasteiger charge is 2.15. The normalized spacial score (nSPS) is 10.5. The van der Waals surface area contributed by atoms with Crippen LogP contribution in [0, 0.1) is 5.82 Å². The van der Waals surface area contributed by atoms with Gasteiger partial charge in [0, 0.05) is 10.7 Å². The lowest BCUT2D eigenvalue weighted by molar-refractivity contribution is 0.0594. The second kappa shape index (κ2) is 5.40. The molecule has 2 N–H and O–H groups in total. The van der Waals surface area contributed by atoms with Crippen molar-refractivity contribution in [3.05, 3.63) is 45.9 Å². The van der Waals surface area contributed by atoms with Crippen molar-refractivity contribution in [3.8, 4) is 0 Å². The van der Waals surface area contributed by atoms with E-state index in [1.807, 2.05) is 0 Å². The summed E-state index contributed by atoms with van der Waals surface area (Å²) in [4.78, 5) is 11.4. The molecule has 1 aromatic heterocycles. The number of halogens is 2. The summed E-state index contributed by atoms with van der Waals surface area (Å²) < 4.78 is 19.9. The molecule has 0 aliphatic heterocycles. The molecule has 0 atom stereocenters. The zero-order valence-corrected chi connectivity index (χ0v) is 11.6. The van der Waals surface area contributed by atoms with Crippen molar-refractivity contribution in [3.63, 3.8) is 0 Å². The van der Waals surface area contributed by atoms with Crippen molar-refractivity contribution in [2.45, 2.75) is 6.54 Å². The minimum Gasteiger partial charge on any atom is -0.464 e. The first kappa shape index (κ1) is 13.5. The molecule has 19 heavy (non-hydrogen) atoms. The first-order valence-corrected chi connectivity index (χ1v) is 6.15. The predicted molar refractivity (Wildman–Crippen MR) is 71.2 cm³/mol. The Kier molecular flexibility index (Phi) is 3.84. The van der Waals surface area contributed by atoms with E-state index in [2.05, 4.69) is 25.8 Å². The van der Waals surface area contributed by atoms with Crippen molar-refractivity contribution in [2.24, 2.45) is 0 Å². The van der Waals surface area contributed by atoms with Gasteiger partial charge in [-0.25, -0.2) is 9.18 Å². The third-order valence-corrected chi connectivity index (χ3v) is 3.28. The zero-order valence-electron chi connectivity index (χ0n) is 10.1. The molecule has 0 radical (unpaired) electrons. The number of rotatable bonds is 3. The number of nitrogens with two attached hydrogens (primary N) is 1. The summed E-state index contributed by atoms with van der Waals surface area (Å²) in [6.07, 6.45) is 1.50. The zero-order chi connectivity index (χ0) is 14.0. The third-order valence-electron chi connectivity index (χ3n) is 2.51. The van der Waals surface area contributed by atoms with Crippen LogP contribution >= 0.6 is 15.9 Å². The van der Waals surface area contributed by atoms with Gasteiger partial charge < -0.3 is 10.5 Å². The molecule has 1 aromatic carbocycles. The molecule has 0 amide bonds. The van der Waals surface area contributed by atoms with E-state index in [-0.39, 0.29) is 17.2 Å². The number of carbonyl (C=O) groups is 1. The number of nitrogen functional groups attached to an aromatic ring is 1. The Morgan fingerprint density at radius 2 is 2.32 bits per heavy atom. The van der Waals surface area contributed by atoms with E-state index in [1.54, 1.807) is 6.07 Å². The van der Waals surface area contributed by atoms with E-state index in [0.29, 0.717) is 12.1 Å². The van der Waals surface area contributed by atoms with Gasteiger partial charge in [0.05, 0.1) is 19.3 Å². The molecule has 0 unspecified atom stereocenters. The van der Waals surface area contributed by atoms with Crippen LogP contribution in [0.4, 0.5) is 10.1 Å². The molecule has 0 bridgehead atoms. The molecular weight excluding hydrogens is 317 g/mol. The summed E-state index contributed by atoms with van der Waals surface area (Å²) in [5.41, 5.74) is 6.64. The largest absolute Gasteiger partial charge is 0.464 e. The first-order valence-electron chi connectivity index (χ1n) is 5.36. The van der Waals surface area contributed by atoms with Gasteiger partial charge in [-0.1, -0.05) is 15.9 Å². The Bertz CT molecular complexity index is 627. The van der Waals surface area contributed by atoms with Crippen molar-refractivity contribution < 1.29 is 13.9 Å². The molecule has 1 heterocycles. The lowest BCUT2D eigenvalue weighted by Gasteiger charge is -2.04. The molecule has 0 saturated carbocycles. The summed E-state index contributed by atoms with van der Waals surface area (Å²) >= 11 is 3.33. The van der Waals surface area contributed by atoms with Crippen molar-refractivity contribution in [1.82, 2.24) is 9.78 Å². The highest BCUT2D eigenvalue weighted by molar-refractivity contribution is 9.10. The summed E-state index contributed by atoms with van der Waals surface area (Å²) in [6.45, 7) is 0.291. The summed E-state index contributed by atoms with van der Waals surface area (Å²) in [5, 5.41) is 4.02. The third kappa shape index (κ3) is 2.93. The van der Waals surface area contributed by atoms with Crippen LogP contribution in [-0.4, -0.2) is 22.9 Å². The van der Waals surface area contributed by atoms with E-state index >= 15 is 0 Å². The summed E-state index contributed by atoms with van der Waals surface area (Å²) in [7, 11) is 1.25. The fourth-order valence-electron chi connectivity index (χ4n) is 1.61. The van der Waals surface area contributed by atoms with Gasteiger partial charge in [0.15, 0.2) is 5.69 Å². The van der Waals surface area contributed by atoms with Gasteiger partial charge in [0.2, 0.25) is 0 Å². The average Bonchev–Trinajstić information content (AvgIpc) is 2.74. The van der Waals surface area contributed by atoms with Gasteiger partial charge >= 0.3 is 5.97 Å². The topological polar surface area (TPSA) is 70.1 Å². The minimum absolute atomic E-state index is 0.0509. The molecule has 2 aromatic rings. The molecule has 100 valence electrons. The predicted octanol–water partition coefficient (Wildman–Crippen LogP) is 2.20. The number of ether oxygens (including phenoxy) is 1. The van der Waals surface area contributed by atoms with Crippen LogP contribution in [-0.2, 0) is 11.3 Å². The van der Waals surface area contributed by atoms with Gasteiger partial charge in [0.1, 0.15) is 5.82 Å². The lowest BCUT2D eigenvalue weighted by Crippen LogP contribution is -2.07. The van der Waals surface area contributed by atoms with Crippen LogP contribution in [0.2, 0.25) is 0 Å². The van der Waals surface area contributed by atoms with Crippen LogP contribution < -0.4 is 5.73 Å². The monoisotopic (exact) mass is 327 g/mol. The van der Waals surface area contributed by atoms with E-state index in [0.717, 1.165) is 4.47 Å². The van der Waals surface area contributed by atoms with Crippen LogP contribution in [0.5, 0.6) is 0 Å². The number of carbonyl (C=O) groups excluding carboxylic acids is 1. The van der Waals surface area contributed by atoms with Crippen LogP contribution in [0.3, 0.4) is 0 Å². The minimum atomic E-state index is -0.602. The molecular formula is C12H11BrFN3O2. The van der Waals surface area contributed by atoms with Gasteiger partial charge in [-0.3, -0.25) is 4.68 Å². The van der Waals surface area contributed by atoms with Gasteiger partial charge in [0.25, 0.3) is 0 Å². The van der Waals surface area contributed by atoms with E-state index in [1.165, 1.54) is 30.1 Å². The number of anilines is 1. The Labute approximate surface area is 117 Å². The molecule has 2 rings (SSSR count). The van der Waals surface area contributed by atoms with E-state index < -0.39 is 5.97 Å². The SMILES string of the molecule is COC(=O)c1nn(Cc2cc(F)ccc2Br)cc1N. The first-order chi connectivity index (χ1) is 9.01. The Morgan fingerprint density at radius 1 is 1.58 bits per heavy atom. The number of esters is 1. The Balaban J connectivity index is 2.29. The van der Waals surface area contributed by atoms with Gasteiger partial charge in [-0.15, -0.1) is 0 Å². The fraction of sp³-hybridized carbons (Fsp3) is 0.167. The van der Waals surface area contributed by atoms with Gasteiger partial charge in [-0.05, 0) is 23.8 Å². The standard InChI is InChI=1S/C12H11BrFN3O2/c1-19-12(18)11-10(15)6-17(16-11)5-7-4-8(14)2-3-9(7)13/h2-4,6H,5,15H2,1H3. The van der Waals surface area contributed by atoms with Gasteiger partial charge in [-0.2, -0.15) is 5.10 Å². The molecule has 0 aliphatic rings. The molecule has 0 spiro atoms. The number of aromatic nitrogens is 2. The Hall–Kier alpha value is -1.89. The van der Waals surface area contributed by atoms with Crippen LogP contribution in [0.1, 0.15) is 16.1 Å². The molecule has 5 nitrogen and oxygen atoms in total. The maximum absolute atomic E-state index is 13.2. The molecule has 0 saturated heterocycles. The fourth-order valence-corrected chi connectivity index (χ4v) is 1.98. The van der Waals surface area contributed by atoms with Crippen molar-refractivity contribution >= 4 is 27.6 Å². The summed E-state index contributed by atoms with van der Waals surface area (Å²) in [5.74, 6) is -0.943. The van der Waals surface area contributed by atoms with Crippen LogP contribution in [0.15, 0.2) is 28.9 Å². The number of methoxy groups -OCH3 is 1. The average molecular weight is 328 g/mol. The second-order valence-corrected chi connectivity index (χ2v) is 4.71. The second-order valence-electron chi connectivity index (χ2n) is 3.86. The van der Waals surface area contributed by atoms with Crippen LogP contribution in [0.25, 0.3) is 0 Å². The maximum Gasteiger partial charge on any atom is 0.360 e. The Morgan fingerprint density at radius 3 is 3.00 bits per heavy atom. The molecule has 7 heteroatoms. The quantitative estimate of drug-likeness (QED) is 0.877. The smallest absolute Gasteiger partial charge is 0.360 e. The maximum atomic E-state index is 13.2. The molecule has 0 aliphatic carbocycles. The number of hydrogen-bond acceptors (Lipinski definition) is 4. The highest BCUT2D eigenvalue weighted by Crippen LogP contribution is 2.20. The summed E-state index contributed by atoms with van der Waals surface area (Å²) in [6, 6.07) is 4.35. The lowest BCUT2D eigenvalue weighted by atomic mass is 10.2. The molecule has 0 fully saturated rings. The van der Waals surface area contributed by atoms with Crippen molar-refractivity contribution in [2.75, 3.05) is 12.8 Å². The van der Waals surface area contributed by atoms with E-state index in [4.69, 9.17) is 5.73 Å². The number of nitrogens with zero attached hydrogens (tertiary/aromatic N) is 2. The van der Waals surface area contributed by atoms with Crippen molar-refractivity contribution in [1.29, 1.82) is 0 Å². The number of benzene rings is 1.